The third-order valence-electron chi connectivity index (χ3n) is 4.83. The number of anilines is 1. The quantitative estimate of drug-likeness (QED) is 0.569. The molecule has 0 spiro atoms. The van der Waals surface area contributed by atoms with Gasteiger partial charge in [0.1, 0.15) is 6.54 Å². The molecule has 0 aliphatic carbocycles. The first-order valence-electron chi connectivity index (χ1n) is 9.94. The topological polar surface area (TPSA) is 60.4 Å². The molecule has 28 heavy (non-hydrogen) atoms. The second-order valence-electron chi connectivity index (χ2n) is 7.72. The van der Waals surface area contributed by atoms with Crippen LogP contribution in [0.15, 0.2) is 29.3 Å². The van der Waals surface area contributed by atoms with Crippen LogP contribution in [-0.4, -0.2) is 82.7 Å². The summed E-state index contributed by atoms with van der Waals surface area (Å²) in [5.74, 6) is 0.704. The van der Waals surface area contributed by atoms with Gasteiger partial charge in [-0.25, -0.2) is 4.99 Å². The normalized spacial score (nSPS) is 17.2. The van der Waals surface area contributed by atoms with E-state index in [-0.39, 0.29) is 18.6 Å². The number of carbonyl (C=O) groups excluding carboxylic acids is 1. The van der Waals surface area contributed by atoms with E-state index >= 15 is 0 Å². The van der Waals surface area contributed by atoms with Crippen molar-refractivity contribution in [2.24, 2.45) is 4.99 Å². The van der Waals surface area contributed by atoms with Crippen LogP contribution in [0.25, 0.3) is 0 Å². The number of amides is 1. The van der Waals surface area contributed by atoms with Gasteiger partial charge in [0.05, 0.1) is 6.10 Å². The maximum absolute atomic E-state index is 12.0. The van der Waals surface area contributed by atoms with Gasteiger partial charge in [-0.05, 0) is 37.0 Å². The van der Waals surface area contributed by atoms with Gasteiger partial charge in [0, 0.05) is 60.6 Å². The number of likely N-dealkylation sites (N-methyl/N-ethyl adjacent to an activating group) is 1. The first-order valence-corrected chi connectivity index (χ1v) is 9.94. The van der Waals surface area contributed by atoms with E-state index < -0.39 is 0 Å². The number of hydrogen-bond acceptors (Lipinski definition) is 4. The molecule has 1 fully saturated rings. The summed E-state index contributed by atoms with van der Waals surface area (Å²) >= 11 is 0. The van der Waals surface area contributed by atoms with E-state index in [4.69, 9.17) is 4.74 Å². The van der Waals surface area contributed by atoms with Crippen molar-refractivity contribution in [3.8, 4) is 0 Å². The Bertz CT molecular complexity index is 654. The zero-order chi connectivity index (χ0) is 20.5. The fraction of sp³-hybridized carbons (Fsp3) is 0.619. The minimum atomic E-state index is -0.0174. The number of carbonyl (C=O) groups is 1. The van der Waals surface area contributed by atoms with Crippen molar-refractivity contribution >= 4 is 17.6 Å². The first kappa shape index (κ1) is 22.0. The Hall–Kier alpha value is -2.28. The predicted octanol–water partition coefficient (Wildman–Crippen LogP) is 1.79. The average molecular weight is 390 g/mol. The van der Waals surface area contributed by atoms with E-state index in [1.54, 1.807) is 19.0 Å². The fourth-order valence-corrected chi connectivity index (χ4v) is 3.05. The second kappa shape index (κ2) is 10.9. The number of guanidine groups is 1. The Morgan fingerprint density at radius 2 is 2.00 bits per heavy atom. The second-order valence-corrected chi connectivity index (χ2v) is 7.72. The molecule has 7 heteroatoms. The van der Waals surface area contributed by atoms with E-state index in [1.165, 1.54) is 12.0 Å². The van der Waals surface area contributed by atoms with Gasteiger partial charge >= 0.3 is 0 Å². The number of benzene rings is 1. The van der Waals surface area contributed by atoms with Gasteiger partial charge in [0.2, 0.25) is 5.91 Å². The Kier molecular flexibility index (Phi) is 8.57. The van der Waals surface area contributed by atoms with Gasteiger partial charge in [-0.15, -0.1) is 0 Å². The molecule has 1 saturated heterocycles. The molecule has 0 saturated carbocycles. The van der Waals surface area contributed by atoms with Crippen LogP contribution in [0.1, 0.15) is 24.8 Å². The smallest absolute Gasteiger partial charge is 0.243 e. The van der Waals surface area contributed by atoms with E-state index in [2.05, 4.69) is 44.4 Å². The third kappa shape index (κ3) is 7.03. The summed E-state index contributed by atoms with van der Waals surface area (Å²) in [6.07, 6.45) is 3.60. The Balaban J connectivity index is 2.06. The summed E-state index contributed by atoms with van der Waals surface area (Å²) in [5.41, 5.74) is 2.35. The largest absolute Gasteiger partial charge is 0.378 e. The highest BCUT2D eigenvalue weighted by molar-refractivity contribution is 5.84. The SMILES string of the molecule is CN(C)C(=O)CN=C(NCC1CCCCO1)N(C)Cc1cccc(N(C)C)c1. The van der Waals surface area contributed by atoms with E-state index in [0.717, 1.165) is 31.1 Å². The van der Waals surface area contributed by atoms with Crippen LogP contribution in [0.3, 0.4) is 0 Å². The zero-order valence-corrected chi connectivity index (χ0v) is 17.9. The lowest BCUT2D eigenvalue weighted by molar-refractivity contribution is -0.127. The van der Waals surface area contributed by atoms with Crippen LogP contribution in [0.5, 0.6) is 0 Å². The van der Waals surface area contributed by atoms with Crippen molar-refractivity contribution in [1.29, 1.82) is 0 Å². The lowest BCUT2D eigenvalue weighted by Crippen LogP contribution is -2.43. The van der Waals surface area contributed by atoms with Crippen molar-refractivity contribution in [1.82, 2.24) is 15.1 Å². The van der Waals surface area contributed by atoms with Crippen LogP contribution in [0, 0.1) is 0 Å². The molecule has 1 unspecified atom stereocenters. The van der Waals surface area contributed by atoms with Crippen LogP contribution >= 0.6 is 0 Å². The Morgan fingerprint density at radius 3 is 2.64 bits per heavy atom. The molecule has 0 bridgehead atoms. The number of ether oxygens (including phenoxy) is 1. The monoisotopic (exact) mass is 389 g/mol. The molecule has 1 aliphatic heterocycles. The molecular weight excluding hydrogens is 354 g/mol. The standard InChI is InChI=1S/C21H35N5O2/c1-24(2)18-10-8-9-17(13-18)16-26(5)21(23-15-20(27)25(3)4)22-14-19-11-6-7-12-28-19/h8-10,13,19H,6-7,11-12,14-16H2,1-5H3,(H,22,23). The molecule has 1 aromatic rings. The highest BCUT2D eigenvalue weighted by Gasteiger charge is 2.16. The van der Waals surface area contributed by atoms with Crippen molar-refractivity contribution in [3.05, 3.63) is 29.8 Å². The van der Waals surface area contributed by atoms with Gasteiger partial charge in [0.15, 0.2) is 5.96 Å². The number of hydrogen-bond donors (Lipinski definition) is 1. The minimum Gasteiger partial charge on any atom is -0.378 e. The fourth-order valence-electron chi connectivity index (χ4n) is 3.05. The zero-order valence-electron chi connectivity index (χ0n) is 17.9. The third-order valence-corrected chi connectivity index (χ3v) is 4.83. The van der Waals surface area contributed by atoms with Crippen LogP contribution in [0.2, 0.25) is 0 Å². The molecule has 1 atom stereocenters. The maximum Gasteiger partial charge on any atom is 0.243 e. The van der Waals surface area contributed by atoms with E-state index in [9.17, 15) is 4.79 Å². The van der Waals surface area contributed by atoms with Gasteiger partial charge in [-0.3, -0.25) is 4.79 Å². The van der Waals surface area contributed by atoms with Crippen LogP contribution in [0.4, 0.5) is 5.69 Å². The lowest BCUT2D eigenvalue weighted by Gasteiger charge is -2.27. The summed E-state index contributed by atoms with van der Waals surface area (Å²) in [7, 11) is 9.56. The molecule has 2 rings (SSSR count). The summed E-state index contributed by atoms with van der Waals surface area (Å²) in [5, 5.41) is 3.41. The number of nitrogens with one attached hydrogen (secondary N) is 1. The molecule has 1 aliphatic rings. The summed E-state index contributed by atoms with van der Waals surface area (Å²) in [4.78, 5) is 22.3. The van der Waals surface area contributed by atoms with Gasteiger partial charge < -0.3 is 24.8 Å². The van der Waals surface area contributed by atoms with E-state index in [0.29, 0.717) is 13.1 Å². The maximum atomic E-state index is 12.0. The van der Waals surface area contributed by atoms with Crippen LogP contribution < -0.4 is 10.2 Å². The molecule has 1 heterocycles. The Labute approximate surface area is 169 Å². The summed E-state index contributed by atoms with van der Waals surface area (Å²) < 4.78 is 5.82. The molecular formula is C21H35N5O2. The highest BCUT2D eigenvalue weighted by Crippen LogP contribution is 2.15. The van der Waals surface area contributed by atoms with Gasteiger partial charge in [-0.2, -0.15) is 0 Å². The summed E-state index contributed by atoms with van der Waals surface area (Å²) in [6.45, 7) is 2.36. The molecule has 0 aromatic heterocycles. The van der Waals surface area contributed by atoms with Crippen molar-refractivity contribution in [2.75, 3.05) is 59.8 Å². The van der Waals surface area contributed by atoms with Crippen molar-refractivity contribution in [3.63, 3.8) is 0 Å². The predicted molar refractivity (Wildman–Crippen MR) is 115 cm³/mol. The van der Waals surface area contributed by atoms with Crippen molar-refractivity contribution in [2.45, 2.75) is 31.9 Å². The Morgan fingerprint density at radius 1 is 1.21 bits per heavy atom. The van der Waals surface area contributed by atoms with Gasteiger partial charge in [0.25, 0.3) is 0 Å². The molecule has 0 radical (unpaired) electrons. The number of rotatable bonds is 7. The first-order chi connectivity index (χ1) is 13.4. The molecule has 156 valence electrons. The molecule has 1 aromatic carbocycles. The average Bonchev–Trinajstić information content (AvgIpc) is 2.68. The molecule has 7 nitrogen and oxygen atoms in total. The molecule has 1 N–H and O–H groups in total. The molecule has 1 amide bonds. The van der Waals surface area contributed by atoms with Gasteiger partial charge in [-0.1, -0.05) is 12.1 Å². The minimum absolute atomic E-state index is 0.0174. The number of aliphatic imine (C=N–C) groups is 1. The highest BCUT2D eigenvalue weighted by atomic mass is 16.5. The van der Waals surface area contributed by atoms with Crippen LogP contribution in [-0.2, 0) is 16.1 Å². The summed E-state index contributed by atoms with van der Waals surface area (Å²) in [6, 6.07) is 8.43. The lowest BCUT2D eigenvalue weighted by atomic mass is 10.1. The van der Waals surface area contributed by atoms with Crippen molar-refractivity contribution < 1.29 is 9.53 Å². The number of nitrogens with zero attached hydrogens (tertiary/aromatic N) is 4. The van der Waals surface area contributed by atoms with E-state index in [1.807, 2.05) is 21.1 Å².